The molecule has 1 aliphatic rings. The van der Waals surface area contributed by atoms with Gasteiger partial charge in [0.1, 0.15) is 18.0 Å². The molecule has 0 bridgehead atoms. The van der Waals surface area contributed by atoms with Gasteiger partial charge in [-0.3, -0.25) is 18.7 Å². The maximum absolute atomic E-state index is 12.2. The van der Waals surface area contributed by atoms with E-state index in [1.807, 2.05) is 54.6 Å². The average Bonchev–Trinajstić information content (AvgIpc) is 3.08. The summed E-state index contributed by atoms with van der Waals surface area (Å²) in [5.41, 5.74) is 1.05. The average molecular weight is 429 g/mol. The van der Waals surface area contributed by atoms with Crippen molar-refractivity contribution in [3.8, 4) is 11.5 Å². The van der Waals surface area contributed by atoms with E-state index in [-0.39, 0.29) is 25.1 Å². The Morgan fingerprint density at radius 2 is 1.80 bits per heavy atom. The molecule has 0 aliphatic carbocycles. The lowest BCUT2D eigenvalue weighted by Gasteiger charge is -2.22. The van der Waals surface area contributed by atoms with E-state index in [2.05, 4.69) is 5.32 Å². The van der Waals surface area contributed by atoms with E-state index in [0.29, 0.717) is 19.3 Å². The van der Waals surface area contributed by atoms with Crippen molar-refractivity contribution < 1.29 is 23.9 Å². The number of esters is 1. The molecule has 1 aliphatic heterocycles. The van der Waals surface area contributed by atoms with Gasteiger partial charge in [-0.1, -0.05) is 30.3 Å². The number of nitrogens with zero attached hydrogens (tertiary/aromatic N) is 1. The van der Waals surface area contributed by atoms with Gasteiger partial charge >= 0.3 is 5.97 Å². The summed E-state index contributed by atoms with van der Waals surface area (Å²) in [6, 6.07) is 17.2. The van der Waals surface area contributed by atoms with E-state index < -0.39 is 11.2 Å². The second kappa shape index (κ2) is 10.7. The van der Waals surface area contributed by atoms with Crippen molar-refractivity contribution in [2.75, 3.05) is 13.2 Å². The zero-order valence-corrected chi connectivity index (χ0v) is 17.5. The Hall–Kier alpha value is -3.00. The molecule has 1 fully saturated rings. The zero-order chi connectivity index (χ0) is 21.3. The first kappa shape index (κ1) is 21.7. The highest BCUT2D eigenvalue weighted by Crippen LogP contribution is 2.30. The molecular weight excluding hydrogens is 404 g/mol. The lowest BCUT2D eigenvalue weighted by molar-refractivity contribution is -0.141. The van der Waals surface area contributed by atoms with Gasteiger partial charge in [0.05, 0.1) is 18.6 Å². The standard InChI is InChI=1S/C22H24N2O5S/c1-2-28-21(26)15-23-22(27)30-24-17(10-13-20(24)25)14-16-8-11-19(12-9-16)29-18-6-4-3-5-7-18/h3-9,11-12,17H,2,10,13-15H2,1H3,(H,23,27)/t17-/m1/s1. The predicted octanol–water partition coefficient (Wildman–Crippen LogP) is 3.93. The van der Waals surface area contributed by atoms with Crippen LogP contribution in [0.1, 0.15) is 25.3 Å². The first-order chi connectivity index (χ1) is 14.5. The molecule has 1 saturated heterocycles. The third-order valence-electron chi connectivity index (χ3n) is 4.51. The van der Waals surface area contributed by atoms with Crippen LogP contribution in [0, 0.1) is 0 Å². The number of amides is 2. The molecule has 0 unspecified atom stereocenters. The van der Waals surface area contributed by atoms with Crippen molar-refractivity contribution in [3.05, 3.63) is 60.2 Å². The molecule has 3 rings (SSSR count). The molecule has 1 atom stereocenters. The predicted molar refractivity (Wildman–Crippen MR) is 114 cm³/mol. The lowest BCUT2D eigenvalue weighted by Crippen LogP contribution is -2.34. The molecule has 1 heterocycles. The Labute approximate surface area is 179 Å². The van der Waals surface area contributed by atoms with Gasteiger partial charge in [0.15, 0.2) is 0 Å². The van der Waals surface area contributed by atoms with Gasteiger partial charge in [0.25, 0.3) is 5.24 Å². The highest BCUT2D eigenvalue weighted by molar-refractivity contribution is 8.12. The maximum Gasteiger partial charge on any atom is 0.325 e. The molecule has 0 aromatic heterocycles. The summed E-state index contributed by atoms with van der Waals surface area (Å²) in [6.07, 6.45) is 1.72. The van der Waals surface area contributed by atoms with Gasteiger partial charge in [-0.25, -0.2) is 0 Å². The second-order valence-electron chi connectivity index (χ2n) is 6.71. The number of hydrogen-bond donors (Lipinski definition) is 1. The van der Waals surface area contributed by atoms with Crippen LogP contribution in [0.2, 0.25) is 0 Å². The first-order valence-electron chi connectivity index (χ1n) is 9.80. The van der Waals surface area contributed by atoms with E-state index in [4.69, 9.17) is 9.47 Å². The van der Waals surface area contributed by atoms with Crippen molar-refractivity contribution in [2.45, 2.75) is 32.2 Å². The lowest BCUT2D eigenvalue weighted by atomic mass is 10.0. The fourth-order valence-electron chi connectivity index (χ4n) is 3.10. The van der Waals surface area contributed by atoms with Crippen LogP contribution in [0.3, 0.4) is 0 Å². The summed E-state index contributed by atoms with van der Waals surface area (Å²) < 4.78 is 12.1. The van der Waals surface area contributed by atoms with Gasteiger partial charge in [0.2, 0.25) is 5.91 Å². The molecule has 7 nitrogen and oxygen atoms in total. The minimum atomic E-state index is -0.506. The van der Waals surface area contributed by atoms with Crippen molar-refractivity contribution in [3.63, 3.8) is 0 Å². The van der Waals surface area contributed by atoms with E-state index in [1.54, 1.807) is 6.92 Å². The third kappa shape index (κ3) is 6.25. The Bertz CT molecular complexity index is 873. The van der Waals surface area contributed by atoms with Crippen molar-refractivity contribution in [1.82, 2.24) is 9.62 Å². The number of para-hydroxylation sites is 1. The fraction of sp³-hybridized carbons (Fsp3) is 0.318. The Kier molecular flexibility index (Phi) is 7.73. The molecule has 30 heavy (non-hydrogen) atoms. The van der Waals surface area contributed by atoms with Crippen molar-refractivity contribution in [1.29, 1.82) is 0 Å². The van der Waals surface area contributed by atoms with Crippen LogP contribution in [-0.2, 0) is 20.7 Å². The normalized spacial score (nSPS) is 15.7. The summed E-state index contributed by atoms with van der Waals surface area (Å²) in [5, 5.41) is 2.02. The summed E-state index contributed by atoms with van der Waals surface area (Å²) in [5.74, 6) is 0.911. The van der Waals surface area contributed by atoms with Gasteiger partial charge in [-0.2, -0.15) is 0 Å². The fourth-order valence-corrected chi connectivity index (χ4v) is 3.94. The quantitative estimate of drug-likeness (QED) is 0.507. The first-order valence-corrected chi connectivity index (χ1v) is 10.6. The zero-order valence-electron chi connectivity index (χ0n) is 16.7. The van der Waals surface area contributed by atoms with Gasteiger partial charge in [-0.15, -0.1) is 0 Å². The Morgan fingerprint density at radius 1 is 1.10 bits per heavy atom. The number of rotatable bonds is 8. The number of benzene rings is 2. The molecule has 158 valence electrons. The number of nitrogens with one attached hydrogen (secondary N) is 1. The molecule has 0 radical (unpaired) electrons. The third-order valence-corrected chi connectivity index (χ3v) is 5.51. The molecule has 2 aromatic rings. The topological polar surface area (TPSA) is 84.9 Å². The summed E-state index contributed by atoms with van der Waals surface area (Å²) in [7, 11) is 0. The van der Waals surface area contributed by atoms with Crippen LogP contribution in [0.25, 0.3) is 0 Å². The molecule has 2 aromatic carbocycles. The second-order valence-corrected chi connectivity index (χ2v) is 7.66. The molecule has 0 spiro atoms. The minimum Gasteiger partial charge on any atom is -0.465 e. The van der Waals surface area contributed by atoms with Gasteiger partial charge < -0.3 is 14.8 Å². The summed E-state index contributed by atoms with van der Waals surface area (Å²) in [4.78, 5) is 35.7. The highest BCUT2D eigenvalue weighted by atomic mass is 32.2. The van der Waals surface area contributed by atoms with E-state index in [0.717, 1.165) is 29.0 Å². The highest BCUT2D eigenvalue weighted by Gasteiger charge is 2.33. The van der Waals surface area contributed by atoms with Crippen LogP contribution < -0.4 is 10.1 Å². The number of carbonyl (C=O) groups is 3. The number of carbonyl (C=O) groups excluding carboxylic acids is 3. The van der Waals surface area contributed by atoms with Crippen LogP contribution in [0.4, 0.5) is 4.79 Å². The molecule has 1 N–H and O–H groups in total. The van der Waals surface area contributed by atoms with Crippen LogP contribution >= 0.6 is 11.9 Å². The van der Waals surface area contributed by atoms with Crippen molar-refractivity contribution in [2.24, 2.45) is 0 Å². The number of ether oxygens (including phenoxy) is 2. The van der Waals surface area contributed by atoms with E-state index in [1.165, 1.54) is 4.31 Å². The van der Waals surface area contributed by atoms with Gasteiger partial charge in [0, 0.05) is 12.5 Å². The molecule has 2 amide bonds. The summed E-state index contributed by atoms with van der Waals surface area (Å²) >= 11 is 0.809. The van der Waals surface area contributed by atoms with E-state index in [9.17, 15) is 14.4 Å². The largest absolute Gasteiger partial charge is 0.465 e. The SMILES string of the molecule is CCOC(=O)CNC(=O)SN1C(=O)CC[C@@H]1Cc1ccc(Oc2ccccc2)cc1. The Morgan fingerprint density at radius 3 is 2.50 bits per heavy atom. The maximum atomic E-state index is 12.2. The summed E-state index contributed by atoms with van der Waals surface area (Å²) in [6.45, 7) is 1.74. The molecule has 0 saturated carbocycles. The van der Waals surface area contributed by atoms with E-state index >= 15 is 0 Å². The number of hydrogen-bond acceptors (Lipinski definition) is 6. The minimum absolute atomic E-state index is 0.0830. The molecular formula is C22H24N2O5S. The smallest absolute Gasteiger partial charge is 0.325 e. The van der Waals surface area contributed by atoms with Gasteiger partial charge in [-0.05, 0) is 49.6 Å². The van der Waals surface area contributed by atoms with Crippen LogP contribution in [0.5, 0.6) is 11.5 Å². The monoisotopic (exact) mass is 428 g/mol. The molecule has 8 heteroatoms. The Balaban J connectivity index is 1.53. The van der Waals surface area contributed by atoms with Crippen LogP contribution in [-0.4, -0.2) is 40.6 Å². The van der Waals surface area contributed by atoms with Crippen molar-refractivity contribution >= 4 is 29.1 Å². The van der Waals surface area contributed by atoms with Crippen LogP contribution in [0.15, 0.2) is 54.6 Å².